The highest BCUT2D eigenvalue weighted by Gasteiger charge is 2.50. The molecular formula is C19H26Cl2O11. The van der Waals surface area contributed by atoms with E-state index in [4.69, 9.17) is 46.9 Å². The van der Waals surface area contributed by atoms with Gasteiger partial charge >= 0.3 is 0 Å². The lowest BCUT2D eigenvalue weighted by molar-refractivity contribution is -0.289. The second-order valence-electron chi connectivity index (χ2n) is 7.68. The van der Waals surface area contributed by atoms with E-state index < -0.39 is 61.9 Å². The highest BCUT2D eigenvalue weighted by Crippen LogP contribution is 2.41. The van der Waals surface area contributed by atoms with Gasteiger partial charge in [-0.3, -0.25) is 0 Å². The van der Waals surface area contributed by atoms with Crippen molar-refractivity contribution in [2.45, 2.75) is 55.6 Å². The SMILES string of the molecule is COc1cc(O[C@H]2O[C@H](CO[C@H]3OC[C@](O)(CO)[C@H]3O)[C@@H](O)[C@H](O)[C@H]2O)c(Cl)c(C)c1Cl. The molecule has 0 spiro atoms. The van der Waals surface area contributed by atoms with Crippen LogP contribution >= 0.6 is 23.2 Å². The molecule has 2 saturated heterocycles. The van der Waals surface area contributed by atoms with Crippen LogP contribution in [0.2, 0.25) is 10.0 Å². The molecule has 32 heavy (non-hydrogen) atoms. The van der Waals surface area contributed by atoms with Crippen LogP contribution in [0.5, 0.6) is 11.5 Å². The zero-order chi connectivity index (χ0) is 23.8. The number of hydrogen-bond donors (Lipinski definition) is 6. The fourth-order valence-electron chi connectivity index (χ4n) is 3.35. The smallest absolute Gasteiger partial charge is 0.229 e. The summed E-state index contributed by atoms with van der Waals surface area (Å²) in [6.45, 7) is 0.105. The van der Waals surface area contributed by atoms with Crippen molar-refractivity contribution in [1.82, 2.24) is 0 Å². The van der Waals surface area contributed by atoms with Crippen LogP contribution in [0.25, 0.3) is 0 Å². The van der Waals surface area contributed by atoms with Crippen molar-refractivity contribution in [2.75, 3.05) is 26.9 Å². The van der Waals surface area contributed by atoms with Crippen LogP contribution in [0.3, 0.4) is 0 Å². The van der Waals surface area contributed by atoms with E-state index in [2.05, 4.69) is 0 Å². The van der Waals surface area contributed by atoms with Gasteiger partial charge in [0, 0.05) is 6.07 Å². The Balaban J connectivity index is 1.72. The molecule has 2 fully saturated rings. The lowest BCUT2D eigenvalue weighted by atomic mass is 9.99. The van der Waals surface area contributed by atoms with Crippen molar-refractivity contribution < 1.29 is 54.3 Å². The minimum atomic E-state index is -1.89. The Bertz CT molecular complexity index is 812. The average Bonchev–Trinajstić information content (AvgIpc) is 3.07. The van der Waals surface area contributed by atoms with E-state index in [-0.39, 0.29) is 28.2 Å². The van der Waals surface area contributed by atoms with Gasteiger partial charge in [0.1, 0.15) is 47.6 Å². The molecule has 2 aliphatic rings. The Kier molecular flexibility index (Phi) is 8.11. The molecule has 0 radical (unpaired) electrons. The van der Waals surface area contributed by atoms with Crippen LogP contribution < -0.4 is 9.47 Å². The molecule has 0 aliphatic carbocycles. The molecule has 0 amide bonds. The number of aliphatic hydroxyl groups excluding tert-OH is 5. The molecule has 6 N–H and O–H groups in total. The Morgan fingerprint density at radius 1 is 1.06 bits per heavy atom. The third kappa shape index (κ3) is 4.79. The summed E-state index contributed by atoms with van der Waals surface area (Å²) in [6.07, 6.45) is -10.4. The molecule has 3 rings (SSSR count). The number of rotatable bonds is 7. The van der Waals surface area contributed by atoms with Gasteiger partial charge in [0.05, 0.1) is 37.0 Å². The third-order valence-electron chi connectivity index (χ3n) is 5.49. The van der Waals surface area contributed by atoms with Crippen molar-refractivity contribution >= 4 is 23.2 Å². The summed E-state index contributed by atoms with van der Waals surface area (Å²) in [4.78, 5) is 0. The van der Waals surface area contributed by atoms with Gasteiger partial charge in [-0.2, -0.15) is 0 Å². The number of ether oxygens (including phenoxy) is 5. The van der Waals surface area contributed by atoms with Crippen LogP contribution in [0, 0.1) is 6.92 Å². The van der Waals surface area contributed by atoms with E-state index >= 15 is 0 Å². The fourth-order valence-corrected chi connectivity index (χ4v) is 3.82. The molecule has 1 aromatic rings. The molecule has 0 bridgehead atoms. The van der Waals surface area contributed by atoms with Crippen molar-refractivity contribution in [3.63, 3.8) is 0 Å². The summed E-state index contributed by atoms with van der Waals surface area (Å²) in [6, 6.07) is 1.38. The summed E-state index contributed by atoms with van der Waals surface area (Å²) >= 11 is 12.4. The molecule has 2 heterocycles. The monoisotopic (exact) mass is 500 g/mol. The second kappa shape index (κ2) is 10.1. The van der Waals surface area contributed by atoms with E-state index in [1.165, 1.54) is 13.2 Å². The molecule has 1 aromatic carbocycles. The molecule has 11 nitrogen and oxygen atoms in total. The first-order chi connectivity index (χ1) is 15.0. The van der Waals surface area contributed by atoms with Gasteiger partial charge in [-0.05, 0) is 12.5 Å². The lowest BCUT2D eigenvalue weighted by Gasteiger charge is -2.40. The second-order valence-corrected chi connectivity index (χ2v) is 8.44. The van der Waals surface area contributed by atoms with Gasteiger partial charge in [0.25, 0.3) is 0 Å². The van der Waals surface area contributed by atoms with Crippen molar-refractivity contribution in [2.24, 2.45) is 0 Å². The van der Waals surface area contributed by atoms with E-state index in [1.807, 2.05) is 0 Å². The molecule has 8 atom stereocenters. The van der Waals surface area contributed by atoms with Crippen LogP contribution in [-0.2, 0) is 14.2 Å². The minimum Gasteiger partial charge on any atom is -0.495 e. The van der Waals surface area contributed by atoms with Gasteiger partial charge in [0.2, 0.25) is 6.29 Å². The van der Waals surface area contributed by atoms with E-state index in [9.17, 15) is 30.6 Å². The maximum atomic E-state index is 10.3. The Hall–Kier alpha value is -0.960. The van der Waals surface area contributed by atoms with Gasteiger partial charge in [0.15, 0.2) is 6.29 Å². The van der Waals surface area contributed by atoms with Crippen LogP contribution in [0.4, 0.5) is 0 Å². The van der Waals surface area contributed by atoms with Gasteiger partial charge < -0.3 is 54.3 Å². The average molecular weight is 501 g/mol. The first-order valence-corrected chi connectivity index (χ1v) is 10.4. The predicted octanol–water partition coefficient (Wildman–Crippen LogP) is -1.05. The Morgan fingerprint density at radius 3 is 2.31 bits per heavy atom. The van der Waals surface area contributed by atoms with Gasteiger partial charge in [-0.15, -0.1) is 0 Å². The summed E-state index contributed by atoms with van der Waals surface area (Å²) < 4.78 is 26.9. The quantitative estimate of drug-likeness (QED) is 0.270. The normalized spacial score (nSPS) is 37.5. The molecule has 13 heteroatoms. The first-order valence-electron chi connectivity index (χ1n) is 9.67. The zero-order valence-electron chi connectivity index (χ0n) is 17.2. The van der Waals surface area contributed by atoms with Crippen LogP contribution in [-0.4, -0.2) is 106 Å². The zero-order valence-corrected chi connectivity index (χ0v) is 18.7. The lowest BCUT2D eigenvalue weighted by Crippen LogP contribution is -2.60. The van der Waals surface area contributed by atoms with Crippen molar-refractivity contribution in [3.05, 3.63) is 21.7 Å². The summed E-state index contributed by atoms with van der Waals surface area (Å²) in [5, 5.41) is 60.5. The number of aliphatic hydroxyl groups is 6. The summed E-state index contributed by atoms with van der Waals surface area (Å²) in [5.41, 5.74) is -1.43. The molecule has 2 aliphatic heterocycles. The summed E-state index contributed by atoms with van der Waals surface area (Å²) in [7, 11) is 1.40. The fraction of sp³-hybridized carbons (Fsp3) is 0.684. The molecular weight excluding hydrogens is 475 g/mol. The highest BCUT2D eigenvalue weighted by molar-refractivity contribution is 6.37. The summed E-state index contributed by atoms with van der Waals surface area (Å²) in [5.74, 6) is 0.318. The van der Waals surface area contributed by atoms with E-state index in [1.54, 1.807) is 6.92 Å². The largest absolute Gasteiger partial charge is 0.495 e. The van der Waals surface area contributed by atoms with Crippen molar-refractivity contribution in [3.8, 4) is 11.5 Å². The number of halogens is 2. The van der Waals surface area contributed by atoms with Gasteiger partial charge in [-0.25, -0.2) is 0 Å². The molecule has 0 unspecified atom stereocenters. The first kappa shape index (κ1) is 25.7. The number of benzene rings is 1. The van der Waals surface area contributed by atoms with E-state index in [0.717, 1.165) is 0 Å². The minimum absolute atomic E-state index is 0.0558. The predicted molar refractivity (Wildman–Crippen MR) is 109 cm³/mol. The van der Waals surface area contributed by atoms with Gasteiger partial charge in [-0.1, -0.05) is 23.2 Å². The number of hydrogen-bond acceptors (Lipinski definition) is 11. The van der Waals surface area contributed by atoms with Crippen LogP contribution in [0.1, 0.15) is 5.56 Å². The topological polar surface area (TPSA) is 168 Å². The number of methoxy groups -OCH3 is 1. The Morgan fingerprint density at radius 2 is 1.72 bits per heavy atom. The van der Waals surface area contributed by atoms with Crippen molar-refractivity contribution in [1.29, 1.82) is 0 Å². The van der Waals surface area contributed by atoms with E-state index in [0.29, 0.717) is 5.56 Å². The highest BCUT2D eigenvalue weighted by atomic mass is 35.5. The third-order valence-corrected chi connectivity index (χ3v) is 6.43. The Labute approximate surface area is 193 Å². The molecule has 182 valence electrons. The molecule has 0 aromatic heterocycles. The maximum absolute atomic E-state index is 10.3. The van der Waals surface area contributed by atoms with Crippen LogP contribution in [0.15, 0.2) is 6.07 Å². The maximum Gasteiger partial charge on any atom is 0.229 e. The standard InChI is InChI=1S/C19H26Cl2O11/c1-7-11(20)8(28-2)3-9(12(7)21)31-17-15(25)14(24)13(23)10(32-17)4-29-18-16(26)19(27,5-22)6-30-18/h3,10,13-18,22-27H,4-6H2,1-2H3/t10-,13-,14+,15-,16+,17+,18+,19-/m1/s1. The molecule has 0 saturated carbocycles.